The maximum absolute atomic E-state index is 12.2. The molecule has 0 aromatic rings. The molecule has 100 valence electrons. The molecule has 2 N–H and O–H groups in total. The van der Waals surface area contributed by atoms with Gasteiger partial charge in [0.15, 0.2) is 0 Å². The van der Waals surface area contributed by atoms with Crippen LogP contribution in [-0.4, -0.2) is 37.6 Å². The molecule has 4 nitrogen and oxygen atoms in total. The molecule has 1 spiro atoms. The van der Waals surface area contributed by atoms with Crippen LogP contribution in [0.5, 0.6) is 0 Å². The summed E-state index contributed by atoms with van der Waals surface area (Å²) < 4.78 is 26.0. The van der Waals surface area contributed by atoms with E-state index in [4.69, 9.17) is 5.73 Å². The summed E-state index contributed by atoms with van der Waals surface area (Å²) in [5, 5.41) is -0.444. The van der Waals surface area contributed by atoms with Gasteiger partial charge in [-0.3, -0.25) is 0 Å². The zero-order valence-corrected chi connectivity index (χ0v) is 11.5. The predicted octanol–water partition coefficient (Wildman–Crippen LogP) is 1.32. The first-order valence-corrected chi connectivity index (χ1v) is 8.20. The largest absolute Gasteiger partial charge is 0.329 e. The molecule has 2 fully saturated rings. The Morgan fingerprint density at radius 2 is 1.71 bits per heavy atom. The van der Waals surface area contributed by atoms with Gasteiger partial charge in [-0.25, -0.2) is 12.7 Å². The quantitative estimate of drug-likeness (QED) is 0.832. The second-order valence-electron chi connectivity index (χ2n) is 5.70. The minimum atomic E-state index is -3.15. The molecule has 5 heteroatoms. The van der Waals surface area contributed by atoms with Crippen molar-refractivity contribution in [1.29, 1.82) is 0 Å². The van der Waals surface area contributed by atoms with Gasteiger partial charge in [0.1, 0.15) is 0 Å². The van der Waals surface area contributed by atoms with Crippen molar-refractivity contribution in [3.8, 4) is 0 Å². The molecule has 2 rings (SSSR count). The average Bonchev–Trinajstić information content (AvgIpc) is 2.77. The summed E-state index contributed by atoms with van der Waals surface area (Å²) in [6.45, 7) is 3.32. The van der Waals surface area contributed by atoms with Crippen LogP contribution in [0.4, 0.5) is 0 Å². The summed E-state index contributed by atoms with van der Waals surface area (Å²) in [6, 6.07) is 0. The Morgan fingerprint density at radius 3 is 2.18 bits per heavy atom. The SMILES string of the molecule is CC(CN)S(=O)(=O)N1CCC2(CCCC2)CC1. The molecule has 0 bridgehead atoms. The second kappa shape index (κ2) is 4.86. The van der Waals surface area contributed by atoms with Crippen LogP contribution in [0.1, 0.15) is 45.4 Å². The summed E-state index contributed by atoms with van der Waals surface area (Å²) in [5.41, 5.74) is 5.94. The third kappa shape index (κ3) is 2.51. The van der Waals surface area contributed by atoms with Crippen LogP contribution in [-0.2, 0) is 10.0 Å². The van der Waals surface area contributed by atoms with E-state index in [1.54, 1.807) is 11.2 Å². The first kappa shape index (κ1) is 13.3. The van der Waals surface area contributed by atoms with E-state index in [1.165, 1.54) is 25.7 Å². The van der Waals surface area contributed by atoms with Crippen LogP contribution in [0.15, 0.2) is 0 Å². The van der Waals surface area contributed by atoms with Crippen LogP contribution < -0.4 is 5.73 Å². The number of hydrogen-bond acceptors (Lipinski definition) is 3. The summed E-state index contributed by atoms with van der Waals surface area (Å²) in [7, 11) is -3.15. The van der Waals surface area contributed by atoms with Crippen molar-refractivity contribution < 1.29 is 8.42 Å². The molecule has 1 aliphatic carbocycles. The van der Waals surface area contributed by atoms with Crippen LogP contribution in [0, 0.1) is 5.41 Å². The molecule has 0 radical (unpaired) electrons. The van der Waals surface area contributed by atoms with Gasteiger partial charge in [0.25, 0.3) is 0 Å². The van der Waals surface area contributed by atoms with E-state index in [0.717, 1.165) is 12.8 Å². The van der Waals surface area contributed by atoms with Crippen molar-refractivity contribution >= 4 is 10.0 Å². The summed E-state index contributed by atoms with van der Waals surface area (Å²) in [5.74, 6) is 0. The fraction of sp³-hybridized carbons (Fsp3) is 1.00. The fourth-order valence-corrected chi connectivity index (χ4v) is 4.66. The predicted molar refractivity (Wildman–Crippen MR) is 69.1 cm³/mol. The average molecular weight is 260 g/mol. The molecule has 1 unspecified atom stereocenters. The lowest BCUT2D eigenvalue weighted by Crippen LogP contribution is -2.46. The van der Waals surface area contributed by atoms with Crippen molar-refractivity contribution in [2.24, 2.45) is 11.1 Å². The van der Waals surface area contributed by atoms with Crippen molar-refractivity contribution in [2.75, 3.05) is 19.6 Å². The van der Waals surface area contributed by atoms with Crippen molar-refractivity contribution in [3.63, 3.8) is 0 Å². The Kier molecular flexibility index (Phi) is 3.80. The molecule has 17 heavy (non-hydrogen) atoms. The van der Waals surface area contributed by atoms with E-state index < -0.39 is 15.3 Å². The highest BCUT2D eigenvalue weighted by molar-refractivity contribution is 7.89. The molecule has 0 aromatic heterocycles. The Hall–Kier alpha value is -0.130. The highest BCUT2D eigenvalue weighted by Crippen LogP contribution is 2.46. The molecule has 1 saturated heterocycles. The monoisotopic (exact) mass is 260 g/mol. The van der Waals surface area contributed by atoms with E-state index in [1.807, 2.05) is 0 Å². The number of sulfonamides is 1. The third-order valence-electron chi connectivity index (χ3n) is 4.65. The lowest BCUT2D eigenvalue weighted by molar-refractivity contribution is 0.159. The van der Waals surface area contributed by atoms with Crippen molar-refractivity contribution in [2.45, 2.75) is 50.7 Å². The third-order valence-corrected chi connectivity index (χ3v) is 6.94. The summed E-state index contributed by atoms with van der Waals surface area (Å²) >= 11 is 0. The van der Waals surface area contributed by atoms with Gasteiger partial charge >= 0.3 is 0 Å². The number of nitrogens with zero attached hydrogens (tertiary/aromatic N) is 1. The normalized spacial score (nSPS) is 27.4. The molecular weight excluding hydrogens is 236 g/mol. The molecule has 1 saturated carbocycles. The Balaban J connectivity index is 1.99. The van der Waals surface area contributed by atoms with E-state index in [9.17, 15) is 8.42 Å². The van der Waals surface area contributed by atoms with Crippen LogP contribution >= 0.6 is 0 Å². The van der Waals surface area contributed by atoms with Gasteiger partial charge in [-0.1, -0.05) is 12.8 Å². The maximum atomic E-state index is 12.2. The molecule has 2 aliphatic rings. The van der Waals surface area contributed by atoms with Crippen molar-refractivity contribution in [1.82, 2.24) is 4.31 Å². The molecule has 1 atom stereocenters. The highest BCUT2D eigenvalue weighted by atomic mass is 32.2. The van der Waals surface area contributed by atoms with Gasteiger partial charge in [0, 0.05) is 19.6 Å². The first-order valence-electron chi connectivity index (χ1n) is 6.69. The topological polar surface area (TPSA) is 63.4 Å². The molecule has 1 aliphatic heterocycles. The smallest absolute Gasteiger partial charge is 0.217 e. The lowest BCUT2D eigenvalue weighted by Gasteiger charge is -2.39. The number of hydrogen-bond donors (Lipinski definition) is 1. The maximum Gasteiger partial charge on any atom is 0.217 e. The summed E-state index contributed by atoms with van der Waals surface area (Å²) in [4.78, 5) is 0. The minimum absolute atomic E-state index is 0.212. The van der Waals surface area contributed by atoms with Gasteiger partial charge in [0.2, 0.25) is 10.0 Å². The standard InChI is InChI=1S/C12H24N2O2S/c1-11(10-13)17(15,16)14-8-6-12(7-9-14)4-2-3-5-12/h11H,2-10,13H2,1H3. The van der Waals surface area contributed by atoms with E-state index in [0.29, 0.717) is 18.5 Å². The van der Waals surface area contributed by atoms with Gasteiger partial charge in [-0.05, 0) is 38.0 Å². The molecule has 0 aromatic carbocycles. The van der Waals surface area contributed by atoms with E-state index in [-0.39, 0.29) is 6.54 Å². The lowest BCUT2D eigenvalue weighted by atomic mass is 9.78. The zero-order chi connectivity index (χ0) is 12.5. The molecule has 1 heterocycles. The second-order valence-corrected chi connectivity index (χ2v) is 8.05. The highest BCUT2D eigenvalue weighted by Gasteiger charge is 2.40. The number of rotatable bonds is 3. The molecule has 0 amide bonds. The van der Waals surface area contributed by atoms with Gasteiger partial charge in [-0.15, -0.1) is 0 Å². The Labute approximate surface area is 105 Å². The van der Waals surface area contributed by atoms with E-state index >= 15 is 0 Å². The van der Waals surface area contributed by atoms with Crippen LogP contribution in [0.2, 0.25) is 0 Å². The Bertz CT molecular complexity index is 351. The van der Waals surface area contributed by atoms with Gasteiger partial charge in [0.05, 0.1) is 5.25 Å². The zero-order valence-electron chi connectivity index (χ0n) is 10.7. The fourth-order valence-electron chi connectivity index (χ4n) is 3.22. The molecular formula is C12H24N2O2S. The number of nitrogens with two attached hydrogens (primary N) is 1. The number of piperidine rings is 1. The van der Waals surface area contributed by atoms with Crippen LogP contribution in [0.3, 0.4) is 0 Å². The van der Waals surface area contributed by atoms with E-state index in [2.05, 4.69) is 0 Å². The Morgan fingerprint density at radius 1 is 1.18 bits per heavy atom. The van der Waals surface area contributed by atoms with Crippen molar-refractivity contribution in [3.05, 3.63) is 0 Å². The summed E-state index contributed by atoms with van der Waals surface area (Å²) in [6.07, 6.45) is 7.34. The minimum Gasteiger partial charge on any atom is -0.329 e. The van der Waals surface area contributed by atoms with Gasteiger partial charge < -0.3 is 5.73 Å². The van der Waals surface area contributed by atoms with Crippen LogP contribution in [0.25, 0.3) is 0 Å². The first-order chi connectivity index (χ1) is 8.00. The van der Waals surface area contributed by atoms with Gasteiger partial charge in [-0.2, -0.15) is 0 Å².